The van der Waals surface area contributed by atoms with Crippen LogP contribution in [0.5, 0.6) is 0 Å². The molecule has 1 aromatic carbocycles. The summed E-state index contributed by atoms with van der Waals surface area (Å²) in [6.07, 6.45) is -0.138. The lowest BCUT2D eigenvalue weighted by Crippen LogP contribution is -2.49. The zero-order valence-electron chi connectivity index (χ0n) is 20.9. The Morgan fingerprint density at radius 1 is 0.917 bits per heavy atom. The maximum Gasteiger partial charge on any atom is 0.322 e. The number of aliphatic carboxylic acids is 1. The first-order chi connectivity index (χ1) is 17.1. The van der Waals surface area contributed by atoms with Gasteiger partial charge >= 0.3 is 5.97 Å². The van der Waals surface area contributed by atoms with Gasteiger partial charge < -0.3 is 36.0 Å². The Morgan fingerprint density at radius 2 is 1.53 bits per heavy atom. The minimum absolute atomic E-state index is 0.0192. The molecule has 12 heteroatoms. The first kappa shape index (κ1) is 30.5. The van der Waals surface area contributed by atoms with E-state index in [9.17, 15) is 29.1 Å². The van der Waals surface area contributed by atoms with Gasteiger partial charge in [0.1, 0.15) is 13.1 Å². The molecule has 1 rings (SSSR count). The summed E-state index contributed by atoms with van der Waals surface area (Å²) in [7, 11) is 0. The number of carbonyl (C=O) groups is 5. The van der Waals surface area contributed by atoms with Crippen LogP contribution in [-0.2, 0) is 19.2 Å². The molecule has 0 aliphatic rings. The van der Waals surface area contributed by atoms with Gasteiger partial charge in [0.2, 0.25) is 17.7 Å². The average Bonchev–Trinajstić information content (AvgIpc) is 2.84. The van der Waals surface area contributed by atoms with Crippen LogP contribution >= 0.6 is 0 Å². The Kier molecular flexibility index (Phi) is 13.7. The number of hydrogen-bond donors (Lipinski definition) is 4. The second kappa shape index (κ2) is 16.2. The highest BCUT2D eigenvalue weighted by Gasteiger charge is 2.26. The zero-order valence-corrected chi connectivity index (χ0v) is 20.9. The monoisotopic (exact) mass is 507 g/mol. The van der Waals surface area contributed by atoms with Crippen LogP contribution in [0.1, 0.15) is 30.6 Å². The molecule has 0 atom stereocenters. The third kappa shape index (κ3) is 11.3. The molecule has 0 unspecified atom stereocenters. The van der Waals surface area contributed by atoms with Crippen molar-refractivity contribution in [3.63, 3.8) is 0 Å². The molecule has 0 saturated heterocycles. The van der Waals surface area contributed by atoms with E-state index in [0.29, 0.717) is 12.1 Å². The summed E-state index contributed by atoms with van der Waals surface area (Å²) < 4.78 is 0. The number of aliphatic hydroxyl groups is 1. The summed E-state index contributed by atoms with van der Waals surface area (Å²) in [6, 6.07) is 8.56. The number of aliphatic hydroxyl groups excluding tert-OH is 1. The average molecular weight is 508 g/mol. The number of rotatable bonds is 16. The van der Waals surface area contributed by atoms with Gasteiger partial charge in [-0.1, -0.05) is 32.0 Å². The minimum Gasteiger partial charge on any atom is -0.480 e. The van der Waals surface area contributed by atoms with Crippen LogP contribution in [-0.4, -0.2) is 113 Å². The lowest BCUT2D eigenvalue weighted by Gasteiger charge is -2.30. The van der Waals surface area contributed by atoms with E-state index in [4.69, 9.17) is 10.8 Å². The Bertz CT molecular complexity index is 879. The normalized spacial score (nSPS) is 10.6. The number of carboxylic acids is 1. The van der Waals surface area contributed by atoms with Crippen LogP contribution in [0, 0.1) is 5.92 Å². The molecule has 0 aliphatic carbocycles. The molecule has 0 radical (unpaired) electrons. The highest BCUT2D eigenvalue weighted by Crippen LogP contribution is 2.09. The van der Waals surface area contributed by atoms with Gasteiger partial charge in [-0.25, -0.2) is 0 Å². The van der Waals surface area contributed by atoms with Gasteiger partial charge in [0.15, 0.2) is 0 Å². The van der Waals surface area contributed by atoms with E-state index in [1.54, 1.807) is 30.3 Å². The Morgan fingerprint density at radius 3 is 2.08 bits per heavy atom. The molecule has 0 spiro atoms. The lowest BCUT2D eigenvalue weighted by atomic mass is 10.1. The Labute approximate surface area is 211 Å². The molecule has 0 aliphatic heterocycles. The van der Waals surface area contributed by atoms with Gasteiger partial charge in [-0.2, -0.15) is 0 Å². The maximum atomic E-state index is 13.1. The molecular formula is C24H37N5O7. The summed E-state index contributed by atoms with van der Waals surface area (Å²) in [5.74, 6) is -2.95. The number of carboxylic acid groups (broad SMARTS) is 1. The highest BCUT2D eigenvalue weighted by atomic mass is 16.4. The highest BCUT2D eigenvalue weighted by molar-refractivity contribution is 5.97. The van der Waals surface area contributed by atoms with E-state index in [2.05, 4.69) is 5.32 Å². The SMILES string of the molecule is CC(C)CN(CC(=O)N(CCO)CC(=O)N(CCN)CCC(=O)NCC(=O)O)C(=O)c1ccccc1. The molecule has 0 saturated carbocycles. The minimum atomic E-state index is -1.19. The van der Waals surface area contributed by atoms with Crippen molar-refractivity contribution in [3.05, 3.63) is 35.9 Å². The van der Waals surface area contributed by atoms with E-state index >= 15 is 0 Å². The van der Waals surface area contributed by atoms with Crippen molar-refractivity contribution in [2.45, 2.75) is 20.3 Å². The molecule has 0 heterocycles. The molecule has 12 nitrogen and oxygen atoms in total. The van der Waals surface area contributed by atoms with E-state index in [0.717, 1.165) is 0 Å². The first-order valence-electron chi connectivity index (χ1n) is 11.8. The molecule has 200 valence electrons. The summed E-state index contributed by atoms with van der Waals surface area (Å²) in [5, 5.41) is 20.3. The van der Waals surface area contributed by atoms with Gasteiger partial charge in [-0.3, -0.25) is 24.0 Å². The van der Waals surface area contributed by atoms with Gasteiger partial charge in [-0.05, 0) is 18.1 Å². The number of nitrogens with two attached hydrogens (primary N) is 1. The Balaban J connectivity index is 2.89. The van der Waals surface area contributed by atoms with Crippen molar-refractivity contribution in [3.8, 4) is 0 Å². The number of hydrogen-bond acceptors (Lipinski definition) is 7. The second-order valence-corrected chi connectivity index (χ2v) is 8.57. The van der Waals surface area contributed by atoms with Crippen molar-refractivity contribution in [2.75, 3.05) is 59.0 Å². The molecule has 5 N–H and O–H groups in total. The lowest BCUT2D eigenvalue weighted by molar-refractivity contribution is -0.141. The number of nitrogens with one attached hydrogen (secondary N) is 1. The summed E-state index contributed by atoms with van der Waals surface area (Å²) in [5.41, 5.74) is 6.02. The van der Waals surface area contributed by atoms with E-state index in [1.165, 1.54) is 14.7 Å². The summed E-state index contributed by atoms with van der Waals surface area (Å²) in [4.78, 5) is 65.3. The van der Waals surface area contributed by atoms with Crippen molar-refractivity contribution in [1.29, 1.82) is 0 Å². The van der Waals surface area contributed by atoms with Gasteiger partial charge in [-0.15, -0.1) is 0 Å². The van der Waals surface area contributed by atoms with Crippen LogP contribution < -0.4 is 11.1 Å². The molecule has 36 heavy (non-hydrogen) atoms. The van der Waals surface area contributed by atoms with Gasteiger partial charge in [0, 0.05) is 44.7 Å². The number of benzene rings is 1. The molecule has 1 aromatic rings. The van der Waals surface area contributed by atoms with Crippen LogP contribution in [0.25, 0.3) is 0 Å². The molecule has 0 aromatic heterocycles. The number of amides is 4. The predicted molar refractivity (Wildman–Crippen MR) is 132 cm³/mol. The van der Waals surface area contributed by atoms with Crippen molar-refractivity contribution < 1.29 is 34.2 Å². The molecule has 0 bridgehead atoms. The van der Waals surface area contributed by atoms with Crippen LogP contribution in [0.4, 0.5) is 0 Å². The van der Waals surface area contributed by atoms with E-state index in [-0.39, 0.29) is 64.1 Å². The van der Waals surface area contributed by atoms with Crippen LogP contribution in [0.3, 0.4) is 0 Å². The fourth-order valence-corrected chi connectivity index (χ4v) is 3.38. The standard InChI is InChI=1S/C24H37N5O7/c1-18(2)15-29(24(36)19-6-4-3-5-7-19)17-22(33)28(12-13-30)16-21(32)27(11-9-25)10-8-20(31)26-14-23(34)35/h3-7,18,30H,8-17,25H2,1-2H3,(H,26,31)(H,34,35). The summed E-state index contributed by atoms with van der Waals surface area (Å²) >= 11 is 0. The van der Waals surface area contributed by atoms with Crippen molar-refractivity contribution in [1.82, 2.24) is 20.0 Å². The second-order valence-electron chi connectivity index (χ2n) is 8.57. The molecular weight excluding hydrogens is 470 g/mol. The van der Waals surface area contributed by atoms with Gasteiger partial charge in [0.05, 0.1) is 13.2 Å². The molecule has 0 fully saturated rings. The van der Waals surface area contributed by atoms with Crippen molar-refractivity contribution >= 4 is 29.6 Å². The van der Waals surface area contributed by atoms with Crippen LogP contribution in [0.2, 0.25) is 0 Å². The van der Waals surface area contributed by atoms with Gasteiger partial charge in [0.25, 0.3) is 5.91 Å². The smallest absolute Gasteiger partial charge is 0.322 e. The summed E-state index contributed by atoms with van der Waals surface area (Å²) in [6.45, 7) is 2.71. The topological polar surface area (TPSA) is 174 Å². The Hall–Kier alpha value is -3.51. The van der Waals surface area contributed by atoms with Crippen LogP contribution in [0.15, 0.2) is 30.3 Å². The zero-order chi connectivity index (χ0) is 27.1. The first-order valence-corrected chi connectivity index (χ1v) is 11.8. The fourth-order valence-electron chi connectivity index (χ4n) is 3.38. The van der Waals surface area contributed by atoms with Crippen molar-refractivity contribution in [2.24, 2.45) is 11.7 Å². The quantitative estimate of drug-likeness (QED) is 0.220. The largest absolute Gasteiger partial charge is 0.480 e. The number of carbonyl (C=O) groups excluding carboxylic acids is 4. The third-order valence-corrected chi connectivity index (χ3v) is 5.07. The number of nitrogens with zero attached hydrogens (tertiary/aromatic N) is 3. The molecule has 4 amide bonds. The van der Waals surface area contributed by atoms with E-state index in [1.807, 2.05) is 13.8 Å². The third-order valence-electron chi connectivity index (χ3n) is 5.07. The predicted octanol–water partition coefficient (Wildman–Crippen LogP) is -1.02. The maximum absolute atomic E-state index is 13.1. The fraction of sp³-hybridized carbons (Fsp3) is 0.542. The van der Waals surface area contributed by atoms with E-state index < -0.39 is 30.2 Å².